The van der Waals surface area contributed by atoms with Gasteiger partial charge in [-0.3, -0.25) is 4.99 Å². The third-order valence-electron chi connectivity index (χ3n) is 3.71. The summed E-state index contributed by atoms with van der Waals surface area (Å²) in [5.41, 5.74) is 0. The molecule has 9 nitrogen and oxygen atoms in total. The minimum atomic E-state index is -3.13. The second-order valence-corrected chi connectivity index (χ2v) is 7.61. The van der Waals surface area contributed by atoms with Gasteiger partial charge in [0, 0.05) is 58.2 Å². The Kier molecular flexibility index (Phi) is 10.1. The van der Waals surface area contributed by atoms with Crippen molar-refractivity contribution in [2.75, 3.05) is 57.0 Å². The number of sulfonamides is 1. The standard InChI is InChI=1S/C15H27N7O2S.HI/c1-3-16-14(17-8-5-9-20-25(2,23)24)21-10-12-22(13-11-21)15-18-6-4-7-19-15;/h4,6-7,20H,3,5,8-13H2,1-2H3,(H,16,17);1H. The van der Waals surface area contributed by atoms with Crippen LogP contribution in [0.3, 0.4) is 0 Å². The second-order valence-electron chi connectivity index (χ2n) is 5.78. The van der Waals surface area contributed by atoms with Gasteiger partial charge in [0.25, 0.3) is 0 Å². The van der Waals surface area contributed by atoms with Crippen LogP contribution in [0.1, 0.15) is 13.3 Å². The van der Waals surface area contributed by atoms with Crippen LogP contribution in [0.4, 0.5) is 5.95 Å². The van der Waals surface area contributed by atoms with E-state index in [2.05, 4.69) is 34.8 Å². The highest BCUT2D eigenvalue weighted by atomic mass is 127. The predicted octanol–water partition coefficient (Wildman–Crippen LogP) is 0.121. The first kappa shape index (κ1) is 22.8. The quantitative estimate of drug-likeness (QED) is 0.239. The second kappa shape index (κ2) is 11.5. The van der Waals surface area contributed by atoms with Crippen molar-refractivity contribution in [1.29, 1.82) is 0 Å². The molecule has 1 aliphatic heterocycles. The zero-order chi connectivity index (χ0) is 18.1. The molecule has 2 heterocycles. The zero-order valence-corrected chi connectivity index (χ0v) is 18.4. The van der Waals surface area contributed by atoms with Gasteiger partial charge in [0.1, 0.15) is 0 Å². The minimum absolute atomic E-state index is 0. The number of piperazine rings is 1. The first-order valence-corrected chi connectivity index (χ1v) is 10.4. The van der Waals surface area contributed by atoms with Crippen LogP contribution in [0.2, 0.25) is 0 Å². The molecule has 2 N–H and O–H groups in total. The summed E-state index contributed by atoms with van der Waals surface area (Å²) in [4.78, 5) is 17.6. The van der Waals surface area contributed by atoms with E-state index in [1.165, 1.54) is 0 Å². The molecular formula is C15H28IN7O2S. The van der Waals surface area contributed by atoms with Crippen molar-refractivity contribution in [3.63, 3.8) is 0 Å². The molecule has 0 atom stereocenters. The van der Waals surface area contributed by atoms with E-state index in [0.29, 0.717) is 19.5 Å². The molecule has 1 saturated heterocycles. The summed E-state index contributed by atoms with van der Waals surface area (Å²) in [6.07, 6.45) is 5.34. The van der Waals surface area contributed by atoms with E-state index in [9.17, 15) is 8.42 Å². The molecule has 148 valence electrons. The molecule has 0 radical (unpaired) electrons. The van der Waals surface area contributed by atoms with Gasteiger partial charge in [0.2, 0.25) is 16.0 Å². The van der Waals surface area contributed by atoms with Gasteiger partial charge in [-0.25, -0.2) is 23.1 Å². The number of hydrogen-bond acceptors (Lipinski definition) is 6. The number of hydrogen-bond donors (Lipinski definition) is 2. The lowest BCUT2D eigenvalue weighted by Gasteiger charge is -2.36. The molecule has 1 aromatic rings. The van der Waals surface area contributed by atoms with Gasteiger partial charge in [-0.1, -0.05) is 0 Å². The number of guanidine groups is 1. The predicted molar refractivity (Wildman–Crippen MR) is 115 cm³/mol. The molecule has 0 saturated carbocycles. The molecule has 0 amide bonds. The summed E-state index contributed by atoms with van der Waals surface area (Å²) < 4.78 is 24.6. The summed E-state index contributed by atoms with van der Waals surface area (Å²) in [7, 11) is -3.13. The monoisotopic (exact) mass is 497 g/mol. The van der Waals surface area contributed by atoms with E-state index in [4.69, 9.17) is 0 Å². The topological polar surface area (TPSA) is 103 Å². The molecule has 11 heteroatoms. The van der Waals surface area contributed by atoms with Gasteiger partial charge in [-0.15, -0.1) is 24.0 Å². The maximum atomic E-state index is 11.0. The minimum Gasteiger partial charge on any atom is -0.357 e. The largest absolute Gasteiger partial charge is 0.357 e. The number of aromatic nitrogens is 2. The van der Waals surface area contributed by atoms with Gasteiger partial charge < -0.3 is 15.1 Å². The average Bonchev–Trinajstić information content (AvgIpc) is 2.60. The molecule has 0 aliphatic carbocycles. The highest BCUT2D eigenvalue weighted by Crippen LogP contribution is 2.09. The van der Waals surface area contributed by atoms with Crippen LogP contribution in [-0.2, 0) is 10.0 Å². The van der Waals surface area contributed by atoms with Crippen LogP contribution in [-0.4, -0.2) is 81.3 Å². The number of rotatable bonds is 7. The molecular weight excluding hydrogens is 469 g/mol. The Bertz CT molecular complexity index is 649. The third kappa shape index (κ3) is 7.99. The van der Waals surface area contributed by atoms with Crippen LogP contribution in [0.25, 0.3) is 0 Å². The normalized spacial score (nSPS) is 15.5. The van der Waals surface area contributed by atoms with E-state index in [0.717, 1.165) is 50.9 Å². The first-order valence-electron chi connectivity index (χ1n) is 8.49. The van der Waals surface area contributed by atoms with Gasteiger partial charge in [0.15, 0.2) is 5.96 Å². The summed E-state index contributed by atoms with van der Waals surface area (Å²) in [5, 5.41) is 3.30. The van der Waals surface area contributed by atoms with Crippen LogP contribution >= 0.6 is 24.0 Å². The maximum absolute atomic E-state index is 11.0. The Balaban J connectivity index is 0.00000338. The average molecular weight is 497 g/mol. The SMILES string of the molecule is CCNC(=NCCCNS(C)(=O)=O)N1CCN(c2ncccn2)CC1.I. The third-order valence-corrected chi connectivity index (χ3v) is 4.44. The molecule has 26 heavy (non-hydrogen) atoms. The Hall–Kier alpha value is -1.21. The number of halogens is 1. The van der Waals surface area contributed by atoms with Crippen LogP contribution < -0.4 is 14.9 Å². The first-order chi connectivity index (χ1) is 12.0. The molecule has 0 spiro atoms. The summed E-state index contributed by atoms with van der Waals surface area (Å²) in [6.45, 7) is 7.16. The van der Waals surface area contributed by atoms with Crippen LogP contribution in [0, 0.1) is 0 Å². The highest BCUT2D eigenvalue weighted by Gasteiger charge is 2.20. The van der Waals surface area contributed by atoms with Crippen LogP contribution in [0.15, 0.2) is 23.5 Å². The number of nitrogens with zero attached hydrogens (tertiary/aromatic N) is 5. The lowest BCUT2D eigenvalue weighted by molar-refractivity contribution is 0.370. The lowest BCUT2D eigenvalue weighted by Crippen LogP contribution is -2.53. The summed E-state index contributed by atoms with van der Waals surface area (Å²) >= 11 is 0. The summed E-state index contributed by atoms with van der Waals surface area (Å²) in [6, 6.07) is 1.81. The molecule has 1 fully saturated rings. The van der Waals surface area contributed by atoms with Crippen molar-refractivity contribution in [2.45, 2.75) is 13.3 Å². The lowest BCUT2D eigenvalue weighted by atomic mass is 10.3. The number of nitrogens with one attached hydrogen (secondary N) is 2. The van der Waals surface area contributed by atoms with Gasteiger partial charge in [0.05, 0.1) is 6.26 Å². The fourth-order valence-electron chi connectivity index (χ4n) is 2.52. The molecule has 0 aromatic carbocycles. The van der Waals surface area contributed by atoms with E-state index in [1.807, 2.05) is 13.0 Å². The number of aliphatic imine (C=N–C) groups is 1. The smallest absolute Gasteiger partial charge is 0.225 e. The molecule has 2 rings (SSSR count). The molecule has 1 aliphatic rings. The van der Waals surface area contributed by atoms with E-state index < -0.39 is 10.0 Å². The Morgan fingerprint density at radius 1 is 1.23 bits per heavy atom. The fraction of sp³-hybridized carbons (Fsp3) is 0.667. The van der Waals surface area contributed by atoms with Crippen molar-refractivity contribution in [3.8, 4) is 0 Å². The molecule has 0 bridgehead atoms. The van der Waals surface area contributed by atoms with E-state index in [-0.39, 0.29) is 24.0 Å². The Morgan fingerprint density at radius 2 is 1.88 bits per heavy atom. The van der Waals surface area contributed by atoms with Crippen molar-refractivity contribution < 1.29 is 8.42 Å². The molecule has 1 aromatic heterocycles. The van der Waals surface area contributed by atoms with Gasteiger partial charge >= 0.3 is 0 Å². The maximum Gasteiger partial charge on any atom is 0.225 e. The molecule has 0 unspecified atom stereocenters. The van der Waals surface area contributed by atoms with Crippen molar-refractivity contribution in [3.05, 3.63) is 18.5 Å². The number of anilines is 1. The highest BCUT2D eigenvalue weighted by molar-refractivity contribution is 14.0. The van der Waals surface area contributed by atoms with E-state index >= 15 is 0 Å². The Morgan fingerprint density at radius 3 is 2.46 bits per heavy atom. The van der Waals surface area contributed by atoms with Crippen molar-refractivity contribution in [1.82, 2.24) is 24.9 Å². The van der Waals surface area contributed by atoms with Gasteiger partial charge in [-0.05, 0) is 19.4 Å². The van der Waals surface area contributed by atoms with E-state index in [1.54, 1.807) is 12.4 Å². The van der Waals surface area contributed by atoms with Gasteiger partial charge in [-0.2, -0.15) is 0 Å². The van der Waals surface area contributed by atoms with Crippen molar-refractivity contribution in [2.24, 2.45) is 4.99 Å². The summed E-state index contributed by atoms with van der Waals surface area (Å²) in [5.74, 6) is 1.63. The van der Waals surface area contributed by atoms with Crippen LogP contribution in [0.5, 0.6) is 0 Å². The Labute approximate surface area is 172 Å². The zero-order valence-electron chi connectivity index (χ0n) is 15.3. The fourth-order valence-corrected chi connectivity index (χ4v) is 3.04. The van der Waals surface area contributed by atoms with Crippen molar-refractivity contribution >= 4 is 45.9 Å².